The van der Waals surface area contributed by atoms with Gasteiger partial charge in [0.05, 0.1) is 12.1 Å². The van der Waals surface area contributed by atoms with E-state index in [1.165, 1.54) is 0 Å². The third kappa shape index (κ3) is 4.64. The Balaban J connectivity index is 1.42. The van der Waals surface area contributed by atoms with Gasteiger partial charge in [-0.3, -0.25) is 19.1 Å². The first-order valence-electron chi connectivity index (χ1n) is 11.0. The fourth-order valence-electron chi connectivity index (χ4n) is 4.24. The number of nitriles is 1. The highest BCUT2D eigenvalue weighted by molar-refractivity contribution is 5.93. The summed E-state index contributed by atoms with van der Waals surface area (Å²) in [6.45, 7) is 5.55. The Morgan fingerprint density at radius 2 is 1.77 bits per heavy atom. The molecular weight excluding hydrogens is 390 g/mol. The predicted octanol–water partition coefficient (Wildman–Crippen LogP) is 2.89. The van der Waals surface area contributed by atoms with Crippen LogP contribution < -0.4 is 10.6 Å². The molecule has 162 valence electrons. The predicted molar refractivity (Wildman–Crippen MR) is 119 cm³/mol. The van der Waals surface area contributed by atoms with Crippen LogP contribution >= 0.6 is 0 Å². The molecule has 2 N–H and O–H groups in total. The number of nitrogens with zero attached hydrogens (tertiary/aromatic N) is 3. The zero-order valence-corrected chi connectivity index (χ0v) is 18.1. The smallest absolute Gasteiger partial charge is 0.239 e. The van der Waals surface area contributed by atoms with Crippen LogP contribution in [-0.4, -0.2) is 47.0 Å². The van der Waals surface area contributed by atoms with Gasteiger partial charge >= 0.3 is 0 Å². The summed E-state index contributed by atoms with van der Waals surface area (Å²) in [6, 6.07) is 12.4. The Hall–Kier alpha value is -3.11. The summed E-state index contributed by atoms with van der Waals surface area (Å²) >= 11 is 0. The fraction of sp³-hybridized carbons (Fsp3) is 0.458. The maximum Gasteiger partial charge on any atom is 0.239 e. The first-order chi connectivity index (χ1) is 15.0. The van der Waals surface area contributed by atoms with E-state index >= 15 is 0 Å². The molecule has 1 aliphatic carbocycles. The SMILES string of the molecule is Cc1c(C#N)c(NC(=O)CN2CCC(C(=O)NC3CC3)CC2)n(-c2ccccc2)c1C. The number of para-hydroxylation sites is 1. The average Bonchev–Trinajstić information content (AvgIpc) is 3.55. The van der Waals surface area contributed by atoms with Crippen molar-refractivity contribution in [1.29, 1.82) is 5.26 Å². The Labute approximate surface area is 183 Å². The minimum absolute atomic E-state index is 0.0470. The molecule has 2 heterocycles. The van der Waals surface area contributed by atoms with Crippen molar-refractivity contribution >= 4 is 17.6 Å². The number of nitrogens with one attached hydrogen (secondary N) is 2. The van der Waals surface area contributed by atoms with Gasteiger partial charge in [-0.1, -0.05) is 18.2 Å². The zero-order chi connectivity index (χ0) is 22.0. The molecule has 1 saturated heterocycles. The second kappa shape index (κ2) is 8.94. The van der Waals surface area contributed by atoms with Crippen molar-refractivity contribution in [2.24, 2.45) is 5.92 Å². The van der Waals surface area contributed by atoms with Gasteiger partial charge in [-0.25, -0.2) is 0 Å². The van der Waals surface area contributed by atoms with E-state index in [1.807, 2.05) is 48.7 Å². The quantitative estimate of drug-likeness (QED) is 0.753. The number of aromatic nitrogens is 1. The van der Waals surface area contributed by atoms with Gasteiger partial charge in [0.15, 0.2) is 0 Å². The molecule has 2 fully saturated rings. The van der Waals surface area contributed by atoms with E-state index in [2.05, 4.69) is 21.6 Å². The maximum atomic E-state index is 12.9. The Kier molecular flexibility index (Phi) is 6.10. The molecule has 0 spiro atoms. The summed E-state index contributed by atoms with van der Waals surface area (Å²) in [7, 11) is 0. The van der Waals surface area contributed by atoms with E-state index < -0.39 is 0 Å². The number of piperidine rings is 1. The van der Waals surface area contributed by atoms with Gasteiger partial charge in [0.25, 0.3) is 0 Å². The molecule has 1 aromatic heterocycles. The molecule has 1 aliphatic heterocycles. The number of carbonyl (C=O) groups is 2. The average molecular weight is 420 g/mol. The molecule has 7 heteroatoms. The molecule has 2 amide bonds. The van der Waals surface area contributed by atoms with Gasteiger partial charge in [0, 0.05) is 23.3 Å². The van der Waals surface area contributed by atoms with Crippen molar-refractivity contribution in [3.8, 4) is 11.8 Å². The van der Waals surface area contributed by atoms with Crippen LogP contribution in [0.1, 0.15) is 42.5 Å². The molecule has 4 rings (SSSR count). The van der Waals surface area contributed by atoms with E-state index in [-0.39, 0.29) is 24.3 Å². The topological polar surface area (TPSA) is 90.2 Å². The third-order valence-corrected chi connectivity index (χ3v) is 6.35. The van der Waals surface area contributed by atoms with Gasteiger partial charge < -0.3 is 10.6 Å². The van der Waals surface area contributed by atoms with Crippen molar-refractivity contribution in [3.05, 3.63) is 47.2 Å². The minimum Gasteiger partial charge on any atom is -0.353 e. The second-order valence-electron chi connectivity index (χ2n) is 8.60. The van der Waals surface area contributed by atoms with Crippen LogP contribution in [-0.2, 0) is 9.59 Å². The molecule has 7 nitrogen and oxygen atoms in total. The molecule has 1 saturated carbocycles. The molecular formula is C24H29N5O2. The van der Waals surface area contributed by atoms with Gasteiger partial charge in [-0.2, -0.15) is 5.26 Å². The summed E-state index contributed by atoms with van der Waals surface area (Å²) in [6.07, 6.45) is 3.74. The standard InChI is InChI=1S/C24H29N5O2/c1-16-17(2)29(20-6-4-3-5-7-20)23(21(16)14-25)27-22(30)15-28-12-10-18(11-13-28)24(31)26-19-8-9-19/h3-7,18-19H,8-13,15H2,1-2H3,(H,26,31)(H,27,30). The summed E-state index contributed by atoms with van der Waals surface area (Å²) in [5, 5.41) is 15.8. The molecule has 0 radical (unpaired) electrons. The van der Waals surface area contributed by atoms with Crippen LogP contribution in [0.4, 0.5) is 5.82 Å². The van der Waals surface area contributed by atoms with Gasteiger partial charge in [0.2, 0.25) is 11.8 Å². The van der Waals surface area contributed by atoms with Crippen LogP contribution in [0.25, 0.3) is 5.69 Å². The summed E-state index contributed by atoms with van der Waals surface area (Å²) in [4.78, 5) is 27.2. The number of likely N-dealkylation sites (tertiary alicyclic amines) is 1. The highest BCUT2D eigenvalue weighted by Crippen LogP contribution is 2.30. The maximum absolute atomic E-state index is 12.9. The van der Waals surface area contributed by atoms with E-state index in [0.717, 1.165) is 55.7 Å². The zero-order valence-electron chi connectivity index (χ0n) is 18.1. The van der Waals surface area contributed by atoms with Crippen molar-refractivity contribution < 1.29 is 9.59 Å². The lowest BCUT2D eigenvalue weighted by molar-refractivity contribution is -0.126. The number of carbonyl (C=O) groups excluding carboxylic acids is 2. The monoisotopic (exact) mass is 419 g/mol. The number of hydrogen-bond donors (Lipinski definition) is 2. The van der Waals surface area contributed by atoms with Crippen molar-refractivity contribution in [1.82, 2.24) is 14.8 Å². The van der Waals surface area contributed by atoms with Crippen molar-refractivity contribution in [2.75, 3.05) is 25.0 Å². The number of benzene rings is 1. The highest BCUT2D eigenvalue weighted by atomic mass is 16.2. The van der Waals surface area contributed by atoms with E-state index in [0.29, 0.717) is 17.4 Å². The first-order valence-corrected chi connectivity index (χ1v) is 11.0. The lowest BCUT2D eigenvalue weighted by Gasteiger charge is -2.30. The number of amides is 2. The highest BCUT2D eigenvalue weighted by Gasteiger charge is 2.30. The van der Waals surface area contributed by atoms with Crippen LogP contribution in [0.3, 0.4) is 0 Å². The summed E-state index contributed by atoms with van der Waals surface area (Å²) in [5.74, 6) is 0.585. The van der Waals surface area contributed by atoms with Crippen LogP contribution in [0.5, 0.6) is 0 Å². The number of rotatable bonds is 6. The van der Waals surface area contributed by atoms with Gasteiger partial charge in [-0.05, 0) is 70.3 Å². The summed E-state index contributed by atoms with van der Waals surface area (Å²) < 4.78 is 1.93. The van der Waals surface area contributed by atoms with Gasteiger partial charge in [0.1, 0.15) is 11.9 Å². The lowest BCUT2D eigenvalue weighted by atomic mass is 9.96. The Morgan fingerprint density at radius 1 is 1.10 bits per heavy atom. The van der Waals surface area contributed by atoms with Crippen LogP contribution in [0.2, 0.25) is 0 Å². The van der Waals surface area contributed by atoms with E-state index in [4.69, 9.17) is 0 Å². The molecule has 0 bridgehead atoms. The molecule has 0 atom stereocenters. The minimum atomic E-state index is -0.146. The van der Waals surface area contributed by atoms with Crippen LogP contribution in [0, 0.1) is 31.1 Å². The molecule has 2 aliphatic rings. The van der Waals surface area contributed by atoms with Gasteiger partial charge in [-0.15, -0.1) is 0 Å². The summed E-state index contributed by atoms with van der Waals surface area (Å²) in [5.41, 5.74) is 3.19. The first kappa shape index (κ1) is 21.1. The molecule has 2 aromatic rings. The third-order valence-electron chi connectivity index (χ3n) is 6.35. The largest absolute Gasteiger partial charge is 0.353 e. The molecule has 1 aromatic carbocycles. The van der Waals surface area contributed by atoms with E-state index in [1.54, 1.807) is 0 Å². The lowest BCUT2D eigenvalue weighted by Crippen LogP contribution is -2.43. The number of hydrogen-bond acceptors (Lipinski definition) is 4. The van der Waals surface area contributed by atoms with Crippen molar-refractivity contribution in [2.45, 2.75) is 45.6 Å². The normalized spacial score (nSPS) is 17.2. The van der Waals surface area contributed by atoms with Crippen molar-refractivity contribution in [3.63, 3.8) is 0 Å². The molecule has 31 heavy (non-hydrogen) atoms. The van der Waals surface area contributed by atoms with E-state index in [9.17, 15) is 14.9 Å². The second-order valence-corrected chi connectivity index (χ2v) is 8.60. The Bertz CT molecular complexity index is 1010. The van der Waals surface area contributed by atoms with Crippen LogP contribution in [0.15, 0.2) is 30.3 Å². The molecule has 0 unspecified atom stereocenters. The number of anilines is 1. The fourth-order valence-corrected chi connectivity index (χ4v) is 4.24. The Morgan fingerprint density at radius 3 is 2.39 bits per heavy atom.